The van der Waals surface area contributed by atoms with Gasteiger partial charge < -0.3 is 10.2 Å². The Morgan fingerprint density at radius 3 is 1.50 bits per heavy atom. The third-order valence-electron chi connectivity index (χ3n) is 2.77. The highest BCUT2D eigenvalue weighted by atomic mass is 16.3. The molecule has 0 aliphatic heterocycles. The minimum Gasteiger partial charge on any atom is -0.396 e. The molecule has 84 valence electrons. The lowest BCUT2D eigenvalue weighted by Gasteiger charge is -2.04. The van der Waals surface area contributed by atoms with Gasteiger partial charge in [0.2, 0.25) is 0 Å². The molecule has 2 aromatic carbocycles. The number of fused-ring (bicyclic) bond motifs is 1. The largest absolute Gasteiger partial charge is 0.396 e. The van der Waals surface area contributed by atoms with Crippen LogP contribution in [0.5, 0.6) is 0 Å². The number of aliphatic hydroxyl groups excluding tert-OH is 2. The van der Waals surface area contributed by atoms with Crippen LogP contribution in [0.2, 0.25) is 0 Å². The van der Waals surface area contributed by atoms with E-state index in [1.54, 1.807) is 0 Å². The maximum absolute atomic E-state index is 8.88. The Bertz CT molecular complexity index is 432. The van der Waals surface area contributed by atoms with Gasteiger partial charge >= 0.3 is 0 Å². The van der Waals surface area contributed by atoms with Crippen LogP contribution < -0.4 is 0 Å². The van der Waals surface area contributed by atoms with E-state index in [1.807, 2.05) is 12.1 Å². The first-order valence-corrected chi connectivity index (χ1v) is 5.57. The zero-order valence-corrected chi connectivity index (χ0v) is 9.19. The lowest BCUT2D eigenvalue weighted by atomic mass is 10.0. The maximum Gasteiger partial charge on any atom is 0.0471 e. The molecule has 2 N–H and O–H groups in total. The molecule has 0 heterocycles. The summed E-state index contributed by atoms with van der Waals surface area (Å²) < 4.78 is 0. The lowest BCUT2D eigenvalue weighted by Crippen LogP contribution is -1.92. The topological polar surface area (TPSA) is 40.5 Å². The predicted octanol–water partition coefficient (Wildman–Crippen LogP) is 1.91. The van der Waals surface area contributed by atoms with Crippen molar-refractivity contribution in [1.29, 1.82) is 0 Å². The van der Waals surface area contributed by atoms with Gasteiger partial charge in [0.25, 0.3) is 0 Å². The summed E-state index contributed by atoms with van der Waals surface area (Å²) in [6.07, 6.45) is 1.41. The first-order valence-electron chi connectivity index (χ1n) is 5.57. The summed E-state index contributed by atoms with van der Waals surface area (Å²) in [5, 5.41) is 20.1. The van der Waals surface area contributed by atoms with E-state index in [2.05, 4.69) is 24.3 Å². The Hall–Kier alpha value is -1.38. The maximum atomic E-state index is 8.88. The van der Waals surface area contributed by atoms with Gasteiger partial charge in [-0.3, -0.25) is 0 Å². The fourth-order valence-electron chi connectivity index (χ4n) is 1.91. The molecule has 0 aliphatic rings. The second-order valence-corrected chi connectivity index (χ2v) is 3.96. The minimum absolute atomic E-state index is 0.189. The molecular weight excluding hydrogens is 200 g/mol. The van der Waals surface area contributed by atoms with Crippen LogP contribution in [-0.2, 0) is 12.8 Å². The molecule has 0 spiro atoms. The molecule has 0 saturated heterocycles. The molecule has 16 heavy (non-hydrogen) atoms. The molecule has 0 fully saturated rings. The first-order chi connectivity index (χ1) is 7.83. The average molecular weight is 216 g/mol. The van der Waals surface area contributed by atoms with Crippen LogP contribution >= 0.6 is 0 Å². The highest BCUT2D eigenvalue weighted by molar-refractivity contribution is 5.83. The molecule has 0 saturated carbocycles. The van der Waals surface area contributed by atoms with Gasteiger partial charge in [0, 0.05) is 13.2 Å². The van der Waals surface area contributed by atoms with Crippen molar-refractivity contribution in [2.45, 2.75) is 12.8 Å². The zero-order valence-electron chi connectivity index (χ0n) is 9.19. The Labute approximate surface area is 95.2 Å². The summed E-state index contributed by atoms with van der Waals surface area (Å²) in [5.74, 6) is 0. The summed E-state index contributed by atoms with van der Waals surface area (Å²) in [7, 11) is 0. The second kappa shape index (κ2) is 5.10. The molecule has 0 aromatic heterocycles. The quantitative estimate of drug-likeness (QED) is 0.819. The van der Waals surface area contributed by atoms with Crippen LogP contribution in [0.15, 0.2) is 36.4 Å². The molecule has 2 rings (SSSR count). The predicted molar refractivity (Wildman–Crippen MR) is 65.5 cm³/mol. The van der Waals surface area contributed by atoms with E-state index in [-0.39, 0.29) is 13.2 Å². The Balaban J connectivity index is 2.36. The van der Waals surface area contributed by atoms with Crippen molar-refractivity contribution in [1.82, 2.24) is 0 Å². The number of benzene rings is 2. The van der Waals surface area contributed by atoms with Crippen molar-refractivity contribution in [3.05, 3.63) is 47.5 Å². The van der Waals surface area contributed by atoms with Crippen molar-refractivity contribution in [2.24, 2.45) is 0 Å². The Morgan fingerprint density at radius 1 is 0.688 bits per heavy atom. The molecule has 2 aromatic rings. The molecule has 0 atom stereocenters. The number of hydrogen-bond acceptors (Lipinski definition) is 2. The highest BCUT2D eigenvalue weighted by Crippen LogP contribution is 2.18. The molecule has 2 nitrogen and oxygen atoms in total. The second-order valence-electron chi connectivity index (χ2n) is 3.96. The van der Waals surface area contributed by atoms with Gasteiger partial charge in [-0.15, -0.1) is 0 Å². The third kappa shape index (κ3) is 2.40. The summed E-state index contributed by atoms with van der Waals surface area (Å²) in [4.78, 5) is 0. The van der Waals surface area contributed by atoms with Gasteiger partial charge in [0.1, 0.15) is 0 Å². The van der Waals surface area contributed by atoms with Crippen LogP contribution in [-0.4, -0.2) is 23.4 Å². The zero-order chi connectivity index (χ0) is 11.4. The minimum atomic E-state index is 0.189. The van der Waals surface area contributed by atoms with Crippen LogP contribution in [0.4, 0.5) is 0 Å². The van der Waals surface area contributed by atoms with Gasteiger partial charge in [-0.05, 0) is 34.7 Å². The fourth-order valence-corrected chi connectivity index (χ4v) is 1.91. The lowest BCUT2D eigenvalue weighted by molar-refractivity contribution is 0.299. The van der Waals surface area contributed by atoms with Crippen molar-refractivity contribution in [3.63, 3.8) is 0 Å². The molecule has 0 unspecified atom stereocenters. The smallest absolute Gasteiger partial charge is 0.0471 e. The number of rotatable bonds is 4. The number of hydrogen-bond donors (Lipinski definition) is 2. The summed E-state index contributed by atoms with van der Waals surface area (Å²) in [5.41, 5.74) is 2.31. The van der Waals surface area contributed by atoms with E-state index in [1.165, 1.54) is 10.8 Å². The molecular formula is C14H16O2. The highest BCUT2D eigenvalue weighted by Gasteiger charge is 1.98. The third-order valence-corrected chi connectivity index (χ3v) is 2.77. The summed E-state index contributed by atoms with van der Waals surface area (Å²) >= 11 is 0. The molecule has 0 amide bonds. The SMILES string of the molecule is OCCc1ccc2cc(CCO)ccc2c1. The van der Waals surface area contributed by atoms with Crippen molar-refractivity contribution < 1.29 is 10.2 Å². The molecule has 0 aliphatic carbocycles. The van der Waals surface area contributed by atoms with Gasteiger partial charge in [0.15, 0.2) is 0 Å². The fraction of sp³-hybridized carbons (Fsp3) is 0.286. The standard InChI is InChI=1S/C14H16O2/c15-7-5-11-1-3-13-10-12(6-8-16)2-4-14(13)9-11/h1-4,9-10,15-16H,5-8H2. The van der Waals surface area contributed by atoms with E-state index in [4.69, 9.17) is 10.2 Å². The summed E-state index contributed by atoms with van der Waals surface area (Å²) in [6, 6.07) is 12.4. The first kappa shape index (κ1) is 11.1. The van der Waals surface area contributed by atoms with Crippen LogP contribution in [0.1, 0.15) is 11.1 Å². The van der Waals surface area contributed by atoms with E-state index in [9.17, 15) is 0 Å². The van der Waals surface area contributed by atoms with E-state index < -0.39 is 0 Å². The van der Waals surface area contributed by atoms with E-state index >= 15 is 0 Å². The van der Waals surface area contributed by atoms with Gasteiger partial charge in [-0.2, -0.15) is 0 Å². The van der Waals surface area contributed by atoms with Crippen LogP contribution in [0.3, 0.4) is 0 Å². The van der Waals surface area contributed by atoms with Crippen molar-refractivity contribution >= 4 is 10.8 Å². The van der Waals surface area contributed by atoms with Crippen molar-refractivity contribution in [3.8, 4) is 0 Å². The van der Waals surface area contributed by atoms with Gasteiger partial charge in [-0.1, -0.05) is 36.4 Å². The normalized spacial score (nSPS) is 10.9. The van der Waals surface area contributed by atoms with E-state index in [0.29, 0.717) is 12.8 Å². The van der Waals surface area contributed by atoms with Crippen molar-refractivity contribution in [2.75, 3.05) is 13.2 Å². The average Bonchev–Trinajstić information content (AvgIpc) is 2.30. The Morgan fingerprint density at radius 2 is 1.12 bits per heavy atom. The van der Waals surface area contributed by atoms with Gasteiger partial charge in [-0.25, -0.2) is 0 Å². The molecule has 0 bridgehead atoms. The molecule has 2 heteroatoms. The van der Waals surface area contributed by atoms with E-state index in [0.717, 1.165) is 11.1 Å². The Kier molecular flexibility index (Phi) is 3.54. The van der Waals surface area contributed by atoms with Gasteiger partial charge in [0.05, 0.1) is 0 Å². The van der Waals surface area contributed by atoms with Crippen LogP contribution in [0.25, 0.3) is 10.8 Å². The monoisotopic (exact) mass is 216 g/mol. The summed E-state index contributed by atoms with van der Waals surface area (Å²) in [6.45, 7) is 0.377. The van der Waals surface area contributed by atoms with Crippen LogP contribution in [0, 0.1) is 0 Å². The molecule has 0 radical (unpaired) electrons. The number of aliphatic hydroxyl groups is 2.